The number of nitrogens with one attached hydrogen (secondary N) is 2. The van der Waals surface area contributed by atoms with Gasteiger partial charge in [0.05, 0.1) is 6.17 Å². The average molecular weight is 292 g/mol. The lowest BCUT2D eigenvalue weighted by atomic mass is 10.1. The van der Waals surface area contributed by atoms with Crippen molar-refractivity contribution < 1.29 is 0 Å². The van der Waals surface area contributed by atoms with Crippen LogP contribution in [0.25, 0.3) is 12.2 Å². The average Bonchev–Trinajstić information content (AvgIpc) is 2.58. The van der Waals surface area contributed by atoms with Crippen LogP contribution in [0, 0.1) is 0 Å². The van der Waals surface area contributed by atoms with Crippen LogP contribution in [-0.4, -0.2) is 6.17 Å². The zero-order valence-corrected chi connectivity index (χ0v) is 13.2. The molecule has 0 fully saturated rings. The summed E-state index contributed by atoms with van der Waals surface area (Å²) < 4.78 is 0. The van der Waals surface area contributed by atoms with Crippen molar-refractivity contribution in [1.82, 2.24) is 10.6 Å². The second-order valence-electron chi connectivity index (χ2n) is 5.38. The van der Waals surface area contributed by atoms with E-state index in [1.165, 1.54) is 11.1 Å². The molecule has 0 radical (unpaired) electrons. The zero-order chi connectivity index (χ0) is 15.8. The van der Waals surface area contributed by atoms with E-state index in [0.29, 0.717) is 0 Å². The molecule has 0 saturated carbocycles. The topological polar surface area (TPSA) is 24.1 Å². The highest BCUT2D eigenvalue weighted by molar-refractivity contribution is 5.48. The van der Waals surface area contributed by atoms with E-state index in [0.717, 1.165) is 24.2 Å². The predicted octanol–water partition coefficient (Wildman–Crippen LogP) is 4.20. The molecule has 0 amide bonds. The minimum Gasteiger partial charge on any atom is -0.298 e. The third-order valence-electron chi connectivity index (χ3n) is 3.60. The van der Waals surface area contributed by atoms with Crippen LogP contribution >= 0.6 is 0 Å². The molecule has 0 unspecified atom stereocenters. The Morgan fingerprint density at radius 2 is 1.32 bits per heavy atom. The van der Waals surface area contributed by atoms with Gasteiger partial charge in [0, 0.05) is 13.1 Å². The number of hydrogen-bond acceptors (Lipinski definition) is 2. The molecule has 2 aromatic rings. The molecule has 2 rings (SSSR count). The van der Waals surface area contributed by atoms with Crippen LogP contribution in [0.5, 0.6) is 0 Å². The SMILES string of the molecule is C=Cc1cccc(CNC(C)NCc2cccc(C=C)c2)c1. The third-order valence-corrected chi connectivity index (χ3v) is 3.60. The lowest BCUT2D eigenvalue weighted by Crippen LogP contribution is -2.38. The maximum Gasteiger partial charge on any atom is 0.0547 e. The third kappa shape index (κ3) is 4.99. The van der Waals surface area contributed by atoms with Crippen molar-refractivity contribution in [3.05, 3.63) is 83.9 Å². The molecular weight excluding hydrogens is 268 g/mol. The van der Waals surface area contributed by atoms with E-state index < -0.39 is 0 Å². The molecule has 0 aliphatic heterocycles. The monoisotopic (exact) mass is 292 g/mol. The Kier molecular flexibility index (Phi) is 6.13. The minimum absolute atomic E-state index is 0.236. The van der Waals surface area contributed by atoms with Crippen molar-refractivity contribution in [2.45, 2.75) is 26.2 Å². The maximum atomic E-state index is 3.80. The van der Waals surface area contributed by atoms with Crippen LogP contribution < -0.4 is 10.6 Å². The zero-order valence-electron chi connectivity index (χ0n) is 13.2. The summed E-state index contributed by atoms with van der Waals surface area (Å²) in [6, 6.07) is 16.8. The summed E-state index contributed by atoms with van der Waals surface area (Å²) in [4.78, 5) is 0. The second kappa shape index (κ2) is 8.32. The van der Waals surface area contributed by atoms with Crippen molar-refractivity contribution in [3.8, 4) is 0 Å². The molecular formula is C20H24N2. The van der Waals surface area contributed by atoms with Gasteiger partial charge in [-0.15, -0.1) is 0 Å². The van der Waals surface area contributed by atoms with Gasteiger partial charge >= 0.3 is 0 Å². The van der Waals surface area contributed by atoms with Gasteiger partial charge in [0.2, 0.25) is 0 Å². The van der Waals surface area contributed by atoms with E-state index in [1.54, 1.807) is 0 Å². The summed E-state index contributed by atoms with van der Waals surface area (Å²) in [5.74, 6) is 0. The summed E-state index contributed by atoms with van der Waals surface area (Å²) in [6.45, 7) is 11.4. The molecule has 2 nitrogen and oxygen atoms in total. The van der Waals surface area contributed by atoms with Crippen molar-refractivity contribution in [2.75, 3.05) is 0 Å². The smallest absolute Gasteiger partial charge is 0.0547 e. The first-order chi connectivity index (χ1) is 10.7. The summed E-state index contributed by atoms with van der Waals surface area (Å²) >= 11 is 0. The Bertz CT molecular complexity index is 576. The number of hydrogen-bond donors (Lipinski definition) is 2. The Hall–Kier alpha value is -2.16. The fraction of sp³-hybridized carbons (Fsp3) is 0.200. The van der Waals surface area contributed by atoms with Crippen LogP contribution in [0.3, 0.4) is 0 Å². The molecule has 22 heavy (non-hydrogen) atoms. The van der Waals surface area contributed by atoms with Gasteiger partial charge < -0.3 is 0 Å². The molecule has 0 heterocycles. The first kappa shape index (κ1) is 16.2. The standard InChI is InChI=1S/C20H24N2/c1-4-17-8-6-10-19(12-17)14-21-16(3)22-15-20-11-7-9-18(5-2)13-20/h4-13,16,21-22H,1-2,14-15H2,3H3. The normalized spacial score (nSPS) is 10.6. The van der Waals surface area contributed by atoms with Gasteiger partial charge in [0.15, 0.2) is 0 Å². The van der Waals surface area contributed by atoms with E-state index in [4.69, 9.17) is 0 Å². The highest BCUT2D eigenvalue weighted by Gasteiger charge is 2.02. The quantitative estimate of drug-likeness (QED) is 0.713. The van der Waals surface area contributed by atoms with Crippen LogP contribution in [0.4, 0.5) is 0 Å². The molecule has 0 saturated heterocycles. The molecule has 114 valence electrons. The Morgan fingerprint density at radius 3 is 1.73 bits per heavy atom. The molecule has 0 aromatic heterocycles. The van der Waals surface area contributed by atoms with Crippen LogP contribution in [0.1, 0.15) is 29.2 Å². The van der Waals surface area contributed by atoms with E-state index in [1.807, 2.05) is 12.2 Å². The van der Waals surface area contributed by atoms with Crippen LogP contribution in [0.2, 0.25) is 0 Å². The van der Waals surface area contributed by atoms with E-state index >= 15 is 0 Å². The second-order valence-corrected chi connectivity index (χ2v) is 5.38. The minimum atomic E-state index is 0.236. The first-order valence-corrected chi connectivity index (χ1v) is 7.61. The van der Waals surface area contributed by atoms with Crippen molar-refractivity contribution in [3.63, 3.8) is 0 Å². The van der Waals surface area contributed by atoms with E-state index in [2.05, 4.69) is 79.2 Å². The maximum absolute atomic E-state index is 3.80. The Balaban J connectivity index is 1.81. The highest BCUT2D eigenvalue weighted by atomic mass is 15.1. The molecule has 0 aliphatic rings. The number of rotatable bonds is 8. The summed E-state index contributed by atoms with van der Waals surface area (Å²) in [5, 5.41) is 6.97. The van der Waals surface area contributed by atoms with Crippen LogP contribution in [0.15, 0.2) is 61.7 Å². The van der Waals surface area contributed by atoms with Crippen molar-refractivity contribution >= 4 is 12.2 Å². The van der Waals surface area contributed by atoms with Gasteiger partial charge in [0.25, 0.3) is 0 Å². The largest absolute Gasteiger partial charge is 0.298 e. The Labute approximate surface area is 133 Å². The van der Waals surface area contributed by atoms with Crippen molar-refractivity contribution in [2.24, 2.45) is 0 Å². The fourth-order valence-electron chi connectivity index (χ4n) is 2.27. The molecule has 0 bridgehead atoms. The Morgan fingerprint density at radius 1 is 0.864 bits per heavy atom. The summed E-state index contributed by atoms with van der Waals surface area (Å²) in [5.41, 5.74) is 4.83. The van der Waals surface area contributed by atoms with E-state index in [9.17, 15) is 0 Å². The van der Waals surface area contributed by atoms with Gasteiger partial charge in [-0.2, -0.15) is 0 Å². The molecule has 2 N–H and O–H groups in total. The van der Waals surface area contributed by atoms with Gasteiger partial charge in [-0.3, -0.25) is 10.6 Å². The van der Waals surface area contributed by atoms with Gasteiger partial charge in [0.1, 0.15) is 0 Å². The predicted molar refractivity (Wildman–Crippen MR) is 96.2 cm³/mol. The fourth-order valence-corrected chi connectivity index (χ4v) is 2.27. The van der Waals surface area contributed by atoms with Gasteiger partial charge in [-0.25, -0.2) is 0 Å². The molecule has 0 atom stereocenters. The molecule has 2 heteroatoms. The molecule has 0 aliphatic carbocycles. The van der Waals surface area contributed by atoms with Gasteiger partial charge in [-0.05, 0) is 29.2 Å². The lowest BCUT2D eigenvalue weighted by molar-refractivity contribution is 0.451. The molecule has 2 aromatic carbocycles. The van der Waals surface area contributed by atoms with Gasteiger partial charge in [-0.1, -0.05) is 73.8 Å². The lowest BCUT2D eigenvalue weighted by Gasteiger charge is -2.16. The van der Waals surface area contributed by atoms with E-state index in [-0.39, 0.29) is 6.17 Å². The highest BCUT2D eigenvalue weighted by Crippen LogP contribution is 2.07. The molecule has 0 spiro atoms. The van der Waals surface area contributed by atoms with Crippen molar-refractivity contribution in [1.29, 1.82) is 0 Å². The van der Waals surface area contributed by atoms with Crippen LogP contribution in [-0.2, 0) is 13.1 Å². The summed E-state index contributed by atoms with van der Waals surface area (Å²) in [6.07, 6.45) is 3.98. The first-order valence-electron chi connectivity index (χ1n) is 7.61. The summed E-state index contributed by atoms with van der Waals surface area (Å²) in [7, 11) is 0. The number of benzene rings is 2.